The van der Waals surface area contributed by atoms with E-state index in [1.54, 1.807) is 6.20 Å². The average Bonchev–Trinajstić information content (AvgIpc) is 3.47. The molecule has 10 nitrogen and oxygen atoms in total. The molecule has 6 rings (SSSR count). The van der Waals surface area contributed by atoms with Crippen molar-refractivity contribution in [2.75, 3.05) is 11.9 Å². The fraction of sp³-hybridized carbons (Fsp3) is 0.265. The predicted molar refractivity (Wildman–Crippen MR) is 166 cm³/mol. The summed E-state index contributed by atoms with van der Waals surface area (Å²) in [6.45, 7) is 4.23. The van der Waals surface area contributed by atoms with Crippen molar-refractivity contribution in [2.45, 2.75) is 50.8 Å². The van der Waals surface area contributed by atoms with Crippen molar-refractivity contribution in [1.82, 2.24) is 24.3 Å². The second kappa shape index (κ2) is 11.8. The Morgan fingerprint density at radius 1 is 1.11 bits per heavy atom. The minimum absolute atomic E-state index is 0.177. The quantitative estimate of drug-likeness (QED) is 0.220. The second-order valence-corrected chi connectivity index (χ2v) is 11.4. The summed E-state index contributed by atoms with van der Waals surface area (Å²) in [6, 6.07) is 23.1. The molecule has 222 valence electrons. The summed E-state index contributed by atoms with van der Waals surface area (Å²) in [7, 11) is 0. The molecule has 3 atom stereocenters. The molecule has 1 fully saturated rings. The molecule has 0 radical (unpaired) electrons. The second-order valence-electron chi connectivity index (χ2n) is 11.4. The van der Waals surface area contributed by atoms with Gasteiger partial charge >= 0.3 is 6.09 Å². The largest absolute Gasteiger partial charge is 0.465 e. The number of nitriles is 1. The zero-order valence-electron chi connectivity index (χ0n) is 24.6. The van der Waals surface area contributed by atoms with Crippen molar-refractivity contribution < 1.29 is 15.0 Å². The van der Waals surface area contributed by atoms with Gasteiger partial charge in [0.05, 0.1) is 35.3 Å². The molecule has 0 aliphatic carbocycles. The molecular formula is C34H33N7O3. The highest BCUT2D eigenvalue weighted by Crippen LogP contribution is 2.37. The Morgan fingerprint density at radius 3 is 2.61 bits per heavy atom. The summed E-state index contributed by atoms with van der Waals surface area (Å²) in [5.41, 5.74) is 4.98. The highest BCUT2D eigenvalue weighted by molar-refractivity contribution is 5.68. The molecule has 1 aliphatic heterocycles. The molecule has 1 amide bonds. The zero-order valence-corrected chi connectivity index (χ0v) is 24.6. The number of aryl methyl sites for hydroxylation is 1. The number of imidazole rings is 1. The van der Waals surface area contributed by atoms with E-state index in [2.05, 4.69) is 21.4 Å². The number of amides is 1. The van der Waals surface area contributed by atoms with Crippen molar-refractivity contribution in [2.24, 2.45) is 0 Å². The van der Waals surface area contributed by atoms with Gasteiger partial charge in [-0.1, -0.05) is 60.7 Å². The van der Waals surface area contributed by atoms with E-state index in [1.165, 1.54) is 11.1 Å². The molecule has 4 heterocycles. The maximum absolute atomic E-state index is 12.0. The third kappa shape index (κ3) is 5.57. The Labute approximate surface area is 255 Å². The van der Waals surface area contributed by atoms with E-state index in [1.807, 2.05) is 91.2 Å². The van der Waals surface area contributed by atoms with E-state index in [4.69, 9.17) is 4.98 Å². The number of carboxylic acid groups (broad SMARTS) is 1. The maximum Gasteiger partial charge on any atom is 0.407 e. The number of aliphatic hydroxyl groups is 1. The predicted octanol–water partition coefficient (Wildman–Crippen LogP) is 5.72. The average molecular weight is 588 g/mol. The summed E-state index contributed by atoms with van der Waals surface area (Å²) < 4.78 is 1.92. The van der Waals surface area contributed by atoms with Gasteiger partial charge in [0, 0.05) is 25.2 Å². The van der Waals surface area contributed by atoms with Crippen molar-refractivity contribution in [3.05, 3.63) is 113 Å². The first-order valence-electron chi connectivity index (χ1n) is 14.6. The van der Waals surface area contributed by atoms with E-state index in [-0.39, 0.29) is 18.6 Å². The number of piperidine rings is 1. The lowest BCUT2D eigenvalue weighted by Gasteiger charge is -2.43. The summed E-state index contributed by atoms with van der Waals surface area (Å²) in [5.74, 6) is 0.376. The summed E-state index contributed by atoms with van der Waals surface area (Å²) in [6.07, 6.45) is 5.33. The van der Waals surface area contributed by atoms with Crippen LogP contribution < -0.4 is 5.32 Å². The van der Waals surface area contributed by atoms with Crippen LogP contribution >= 0.6 is 0 Å². The Hall–Kier alpha value is -5.27. The summed E-state index contributed by atoms with van der Waals surface area (Å²) in [4.78, 5) is 27.0. The molecule has 0 spiro atoms. The van der Waals surface area contributed by atoms with Crippen LogP contribution in [0.1, 0.15) is 53.6 Å². The molecular weight excluding hydrogens is 554 g/mol. The molecule has 1 saturated heterocycles. The minimum Gasteiger partial charge on any atom is -0.465 e. The number of fused-ring (bicyclic) bond motifs is 1. The molecule has 5 aromatic rings. The number of pyridine rings is 1. The van der Waals surface area contributed by atoms with Gasteiger partial charge < -0.3 is 20.4 Å². The molecule has 44 heavy (non-hydrogen) atoms. The van der Waals surface area contributed by atoms with Crippen molar-refractivity contribution >= 4 is 17.7 Å². The van der Waals surface area contributed by atoms with E-state index in [0.717, 1.165) is 27.9 Å². The van der Waals surface area contributed by atoms with E-state index in [0.29, 0.717) is 42.2 Å². The number of nitrogens with zero attached hydrogens (tertiary/aromatic N) is 6. The maximum atomic E-state index is 12.0. The summed E-state index contributed by atoms with van der Waals surface area (Å²) >= 11 is 0. The lowest BCUT2D eigenvalue weighted by atomic mass is 9.79. The minimum atomic E-state index is -1.14. The molecule has 2 unspecified atom stereocenters. The number of likely N-dealkylation sites (tertiary alicyclic amines) is 1. The van der Waals surface area contributed by atoms with Crippen LogP contribution in [0, 0.1) is 18.3 Å². The fourth-order valence-corrected chi connectivity index (χ4v) is 6.09. The van der Waals surface area contributed by atoms with Crippen LogP contribution in [-0.2, 0) is 12.0 Å². The summed E-state index contributed by atoms with van der Waals surface area (Å²) in [5, 5.41) is 34.6. The van der Waals surface area contributed by atoms with Crippen molar-refractivity contribution in [3.8, 4) is 17.5 Å². The van der Waals surface area contributed by atoms with Crippen molar-refractivity contribution in [1.29, 1.82) is 5.26 Å². The lowest BCUT2D eigenvalue weighted by Crippen LogP contribution is -2.52. The number of aromatic nitrogens is 4. The number of hydrogen-bond donors (Lipinski definition) is 3. The lowest BCUT2D eigenvalue weighted by molar-refractivity contribution is -0.0448. The van der Waals surface area contributed by atoms with Crippen molar-refractivity contribution in [3.63, 3.8) is 0 Å². The van der Waals surface area contributed by atoms with Gasteiger partial charge in [-0.05, 0) is 55.0 Å². The number of nitrogens with one attached hydrogen (secondary N) is 1. The molecule has 2 aromatic carbocycles. The standard InChI is InChI=1S/C34H33N7O3/c1-22-7-6-15-41-29(21-36-31(22)41)30-26(19-35)20-37-32(39-30)38-23(2)25-10-12-27(13-11-25)34(44)14-16-40(33(42)43)28(18-34)17-24-8-4-3-5-9-24/h3-13,15,20-21,23,28,44H,14,16-18H2,1-2H3,(H,42,43)(H,37,38,39)/t23-,28?,34?/m0/s1. The van der Waals surface area contributed by atoms with Gasteiger partial charge in [-0.3, -0.25) is 4.40 Å². The zero-order chi connectivity index (χ0) is 30.8. The van der Waals surface area contributed by atoms with Gasteiger partial charge in [-0.15, -0.1) is 0 Å². The number of anilines is 1. The Morgan fingerprint density at radius 2 is 1.89 bits per heavy atom. The third-order valence-corrected chi connectivity index (χ3v) is 8.52. The highest BCUT2D eigenvalue weighted by Gasteiger charge is 2.41. The van der Waals surface area contributed by atoms with E-state index >= 15 is 0 Å². The first kappa shape index (κ1) is 28.8. The first-order chi connectivity index (χ1) is 21.3. The van der Waals surface area contributed by atoms with Crippen LogP contribution in [0.5, 0.6) is 0 Å². The van der Waals surface area contributed by atoms with Gasteiger partial charge in [0.2, 0.25) is 5.95 Å². The first-order valence-corrected chi connectivity index (χ1v) is 14.6. The number of hydrogen-bond acceptors (Lipinski definition) is 7. The van der Waals surface area contributed by atoms with Crippen LogP contribution in [0.25, 0.3) is 17.0 Å². The number of carbonyl (C=O) groups is 1. The molecule has 0 saturated carbocycles. The Kier molecular flexibility index (Phi) is 7.72. The van der Waals surface area contributed by atoms with Gasteiger partial charge in [0.25, 0.3) is 0 Å². The molecule has 3 N–H and O–H groups in total. The van der Waals surface area contributed by atoms with Crippen LogP contribution in [0.3, 0.4) is 0 Å². The van der Waals surface area contributed by atoms with E-state index in [9.17, 15) is 20.3 Å². The SMILES string of the molecule is Cc1cccn2c(-c3nc(N[C@@H](C)c4ccc(C5(O)CCN(C(=O)O)C(Cc6ccccc6)C5)cc4)ncc3C#N)cnc12. The smallest absolute Gasteiger partial charge is 0.407 e. The van der Waals surface area contributed by atoms with Gasteiger partial charge in [0.15, 0.2) is 0 Å². The fourth-order valence-electron chi connectivity index (χ4n) is 6.09. The number of rotatable bonds is 7. The normalized spacial score (nSPS) is 19.0. The van der Waals surface area contributed by atoms with Crippen LogP contribution in [0.2, 0.25) is 0 Å². The van der Waals surface area contributed by atoms with Crippen LogP contribution in [0.4, 0.5) is 10.7 Å². The number of benzene rings is 2. The van der Waals surface area contributed by atoms with Crippen LogP contribution in [-0.4, -0.2) is 53.1 Å². The molecule has 10 heteroatoms. The van der Waals surface area contributed by atoms with Crippen LogP contribution in [0.15, 0.2) is 85.3 Å². The van der Waals surface area contributed by atoms with Gasteiger partial charge in [-0.25, -0.2) is 19.7 Å². The molecule has 1 aliphatic rings. The topological polar surface area (TPSA) is 140 Å². The molecule has 3 aromatic heterocycles. The van der Waals surface area contributed by atoms with E-state index < -0.39 is 11.7 Å². The Bertz CT molecular complexity index is 1850. The monoisotopic (exact) mass is 587 g/mol. The Balaban J connectivity index is 1.20. The van der Waals surface area contributed by atoms with Gasteiger partial charge in [0.1, 0.15) is 17.4 Å². The molecule has 0 bridgehead atoms. The highest BCUT2D eigenvalue weighted by atomic mass is 16.4. The third-order valence-electron chi connectivity index (χ3n) is 8.52. The van der Waals surface area contributed by atoms with Gasteiger partial charge in [-0.2, -0.15) is 5.26 Å².